The van der Waals surface area contributed by atoms with Gasteiger partial charge in [-0.05, 0) is 23.8 Å². The lowest BCUT2D eigenvalue weighted by atomic mass is 10.1. The highest BCUT2D eigenvalue weighted by atomic mass is 32.1. The number of rotatable bonds is 2. The predicted molar refractivity (Wildman–Crippen MR) is 87.5 cm³/mol. The van der Waals surface area contributed by atoms with Crippen molar-refractivity contribution < 1.29 is 4.79 Å². The van der Waals surface area contributed by atoms with E-state index in [1.807, 2.05) is 42.5 Å². The summed E-state index contributed by atoms with van der Waals surface area (Å²) in [6, 6.07) is 14.7. The minimum absolute atomic E-state index is 0.0619. The summed E-state index contributed by atoms with van der Waals surface area (Å²) >= 11 is 1.37. The maximum absolute atomic E-state index is 12.6. The molecule has 2 heterocycles. The lowest BCUT2D eigenvalue weighted by Crippen LogP contribution is -2.22. The molecule has 4 aromatic rings. The van der Waals surface area contributed by atoms with Gasteiger partial charge in [0.2, 0.25) is 0 Å². The van der Waals surface area contributed by atoms with E-state index in [2.05, 4.69) is 4.98 Å². The van der Waals surface area contributed by atoms with Crippen LogP contribution in [-0.2, 0) is 0 Å². The minimum Gasteiger partial charge on any atom is -0.298 e. The number of carbonyl (C=O) groups excluding carboxylic acids is 1. The first-order valence-electron chi connectivity index (χ1n) is 6.73. The van der Waals surface area contributed by atoms with Crippen molar-refractivity contribution in [3.8, 4) is 0 Å². The van der Waals surface area contributed by atoms with Gasteiger partial charge in [-0.3, -0.25) is 9.59 Å². The summed E-state index contributed by atoms with van der Waals surface area (Å²) in [6.07, 6.45) is 2.62. The Morgan fingerprint density at radius 3 is 2.50 bits per heavy atom. The highest BCUT2D eigenvalue weighted by molar-refractivity contribution is 7.15. The number of carbonyl (C=O) groups is 1. The standard InChI is InChI=1S/C17H10N2O2S/c20-10-12-7-5-11(6-8-12)9-15-16(21)19-14-4-2-1-3-13(14)18-17(19)22-15/h1-10H/b15-9-. The van der Waals surface area contributed by atoms with Crippen LogP contribution in [0.15, 0.2) is 53.3 Å². The lowest BCUT2D eigenvalue weighted by Gasteiger charge is -1.92. The molecule has 0 unspecified atom stereocenters. The summed E-state index contributed by atoms with van der Waals surface area (Å²) in [4.78, 5) is 28.4. The Morgan fingerprint density at radius 2 is 1.73 bits per heavy atom. The Bertz CT molecular complexity index is 1110. The molecule has 0 N–H and O–H groups in total. The zero-order valence-electron chi connectivity index (χ0n) is 11.4. The van der Waals surface area contributed by atoms with Gasteiger partial charge >= 0.3 is 0 Å². The van der Waals surface area contributed by atoms with E-state index in [4.69, 9.17) is 0 Å². The van der Waals surface area contributed by atoms with Gasteiger partial charge in [0.1, 0.15) is 6.29 Å². The van der Waals surface area contributed by atoms with Gasteiger partial charge in [-0.2, -0.15) is 0 Å². The average molecular weight is 306 g/mol. The molecule has 0 atom stereocenters. The van der Waals surface area contributed by atoms with Gasteiger partial charge in [-0.15, -0.1) is 0 Å². The average Bonchev–Trinajstić information content (AvgIpc) is 3.05. The second-order valence-corrected chi connectivity index (χ2v) is 5.93. The predicted octanol–water partition coefficient (Wildman–Crippen LogP) is 2.27. The molecular weight excluding hydrogens is 296 g/mol. The van der Waals surface area contributed by atoms with E-state index in [0.29, 0.717) is 15.1 Å². The molecule has 5 heteroatoms. The molecule has 22 heavy (non-hydrogen) atoms. The van der Waals surface area contributed by atoms with Crippen LogP contribution in [0.2, 0.25) is 0 Å². The smallest absolute Gasteiger partial charge is 0.274 e. The number of thiazole rings is 1. The molecule has 0 saturated carbocycles. The molecule has 4 rings (SSSR count). The Labute approximate surface area is 129 Å². The molecule has 106 valence electrons. The van der Waals surface area contributed by atoms with Crippen LogP contribution in [0, 0.1) is 0 Å². The first-order valence-corrected chi connectivity index (χ1v) is 7.55. The van der Waals surface area contributed by atoms with Crippen LogP contribution in [0.25, 0.3) is 22.1 Å². The number of hydrogen-bond donors (Lipinski definition) is 0. The number of imidazole rings is 1. The summed E-state index contributed by atoms with van der Waals surface area (Å²) in [7, 11) is 0. The van der Waals surface area contributed by atoms with Crippen LogP contribution in [0.3, 0.4) is 0 Å². The van der Waals surface area contributed by atoms with Gasteiger partial charge in [0.25, 0.3) is 5.56 Å². The zero-order valence-corrected chi connectivity index (χ0v) is 12.2. The van der Waals surface area contributed by atoms with Crippen LogP contribution in [0.5, 0.6) is 0 Å². The van der Waals surface area contributed by atoms with E-state index in [-0.39, 0.29) is 5.56 Å². The first-order chi connectivity index (χ1) is 10.8. The molecule has 0 fully saturated rings. The minimum atomic E-state index is -0.0619. The summed E-state index contributed by atoms with van der Waals surface area (Å²) in [5.41, 5.74) is 3.10. The highest BCUT2D eigenvalue weighted by Crippen LogP contribution is 2.15. The van der Waals surface area contributed by atoms with Crippen molar-refractivity contribution in [1.29, 1.82) is 0 Å². The molecule has 0 aliphatic rings. The van der Waals surface area contributed by atoms with E-state index in [1.165, 1.54) is 11.3 Å². The largest absolute Gasteiger partial charge is 0.298 e. The number of benzene rings is 2. The Hall–Kier alpha value is -2.79. The van der Waals surface area contributed by atoms with Crippen molar-refractivity contribution in [2.75, 3.05) is 0 Å². The molecule has 4 nitrogen and oxygen atoms in total. The highest BCUT2D eigenvalue weighted by Gasteiger charge is 2.10. The van der Waals surface area contributed by atoms with Crippen molar-refractivity contribution in [3.63, 3.8) is 0 Å². The fourth-order valence-electron chi connectivity index (χ4n) is 2.43. The third kappa shape index (κ3) is 1.95. The first kappa shape index (κ1) is 12.9. The van der Waals surface area contributed by atoms with Crippen molar-refractivity contribution in [3.05, 3.63) is 74.5 Å². The van der Waals surface area contributed by atoms with Crippen LogP contribution >= 0.6 is 11.3 Å². The quantitative estimate of drug-likeness (QED) is 0.534. The normalized spacial score (nSPS) is 12.3. The SMILES string of the molecule is O=Cc1ccc(/C=c2\sc3nc4ccccc4n3c2=O)cc1. The van der Waals surface area contributed by atoms with Gasteiger partial charge in [0.05, 0.1) is 15.6 Å². The van der Waals surface area contributed by atoms with E-state index in [0.717, 1.165) is 22.9 Å². The molecule has 0 saturated heterocycles. The topological polar surface area (TPSA) is 51.4 Å². The molecule has 2 aromatic carbocycles. The van der Waals surface area contributed by atoms with E-state index in [1.54, 1.807) is 16.5 Å². The van der Waals surface area contributed by atoms with Crippen molar-refractivity contribution >= 4 is 39.7 Å². The second-order valence-electron chi connectivity index (χ2n) is 4.92. The van der Waals surface area contributed by atoms with E-state index >= 15 is 0 Å². The van der Waals surface area contributed by atoms with Crippen molar-refractivity contribution in [2.45, 2.75) is 0 Å². The van der Waals surface area contributed by atoms with Crippen LogP contribution < -0.4 is 10.1 Å². The third-order valence-corrected chi connectivity index (χ3v) is 4.48. The lowest BCUT2D eigenvalue weighted by molar-refractivity contribution is 0.112. The van der Waals surface area contributed by atoms with Crippen molar-refractivity contribution in [2.24, 2.45) is 0 Å². The number of aldehydes is 1. The van der Waals surface area contributed by atoms with Gasteiger partial charge < -0.3 is 0 Å². The van der Waals surface area contributed by atoms with Crippen LogP contribution in [-0.4, -0.2) is 15.7 Å². The Morgan fingerprint density at radius 1 is 1.00 bits per heavy atom. The molecule has 0 aliphatic heterocycles. The Balaban J connectivity index is 1.95. The number of para-hydroxylation sites is 2. The van der Waals surface area contributed by atoms with E-state index in [9.17, 15) is 9.59 Å². The van der Waals surface area contributed by atoms with Gasteiger partial charge in [-0.1, -0.05) is 47.7 Å². The maximum Gasteiger partial charge on any atom is 0.274 e. The summed E-state index contributed by atoms with van der Waals surface area (Å²) in [5.74, 6) is 0. The van der Waals surface area contributed by atoms with Crippen LogP contribution in [0.4, 0.5) is 0 Å². The van der Waals surface area contributed by atoms with Crippen LogP contribution in [0.1, 0.15) is 15.9 Å². The number of aromatic nitrogens is 2. The molecule has 0 bridgehead atoms. The number of hydrogen-bond acceptors (Lipinski definition) is 4. The summed E-state index contributed by atoms with van der Waals surface area (Å²) in [6.45, 7) is 0. The second kappa shape index (κ2) is 4.89. The fourth-order valence-corrected chi connectivity index (χ4v) is 3.42. The molecule has 0 radical (unpaired) electrons. The summed E-state index contributed by atoms with van der Waals surface area (Å²) in [5, 5.41) is 0. The number of nitrogens with zero attached hydrogens (tertiary/aromatic N) is 2. The number of fused-ring (bicyclic) bond motifs is 3. The molecule has 0 amide bonds. The Kier molecular flexibility index (Phi) is 2.87. The zero-order chi connectivity index (χ0) is 15.1. The third-order valence-electron chi connectivity index (χ3n) is 3.52. The van der Waals surface area contributed by atoms with E-state index < -0.39 is 0 Å². The molecular formula is C17H10N2O2S. The molecule has 0 spiro atoms. The van der Waals surface area contributed by atoms with Gasteiger partial charge in [0.15, 0.2) is 4.96 Å². The fraction of sp³-hybridized carbons (Fsp3) is 0. The molecule has 0 aliphatic carbocycles. The summed E-state index contributed by atoms with van der Waals surface area (Å²) < 4.78 is 2.28. The molecule has 2 aromatic heterocycles. The monoisotopic (exact) mass is 306 g/mol. The van der Waals surface area contributed by atoms with Gasteiger partial charge in [-0.25, -0.2) is 9.38 Å². The maximum atomic E-state index is 12.6. The van der Waals surface area contributed by atoms with Crippen molar-refractivity contribution in [1.82, 2.24) is 9.38 Å². The van der Waals surface area contributed by atoms with Gasteiger partial charge in [0, 0.05) is 5.56 Å².